The summed E-state index contributed by atoms with van der Waals surface area (Å²) < 4.78 is 14.5. The average Bonchev–Trinajstić information content (AvgIpc) is 3.16. The van der Waals surface area contributed by atoms with Gasteiger partial charge in [-0.15, -0.1) is 0 Å². The van der Waals surface area contributed by atoms with Gasteiger partial charge in [-0.2, -0.15) is 0 Å². The molecule has 1 aliphatic rings. The lowest BCUT2D eigenvalue weighted by molar-refractivity contribution is -0.0796. The summed E-state index contributed by atoms with van der Waals surface area (Å²) in [6.45, 7) is 1.22. The first-order chi connectivity index (χ1) is 17.7. The Kier molecular flexibility index (Phi) is 4.65. The minimum Gasteiger partial charge on any atom is -0.486 e. The van der Waals surface area contributed by atoms with Crippen LogP contribution in [0.25, 0.3) is 49.7 Å². The lowest BCUT2D eigenvalue weighted by Gasteiger charge is -2.26. The molecule has 3 aromatic carbocycles. The number of para-hydroxylation sites is 1. The summed E-state index contributed by atoms with van der Waals surface area (Å²) >= 11 is 0. The maximum Gasteiger partial charge on any atom is 0.333 e. The molecule has 0 bridgehead atoms. The Morgan fingerprint density at radius 2 is 1.69 bits per heavy atom. The molecule has 0 unspecified atom stereocenters. The van der Waals surface area contributed by atoms with E-state index in [4.69, 9.17) is 9.47 Å². The molecule has 1 saturated heterocycles. The monoisotopic (exact) mass is 474 g/mol. The second kappa shape index (κ2) is 8.03. The lowest BCUT2D eigenvalue weighted by atomic mass is 10.0. The molecule has 176 valence electrons. The van der Waals surface area contributed by atoms with Gasteiger partial charge in [0.2, 0.25) is 0 Å². The highest BCUT2D eigenvalue weighted by atomic mass is 16.6. The van der Waals surface area contributed by atoms with E-state index in [0.29, 0.717) is 13.2 Å². The van der Waals surface area contributed by atoms with Crippen molar-refractivity contribution >= 4 is 32.8 Å². The second-order valence-electron chi connectivity index (χ2n) is 9.09. The lowest BCUT2D eigenvalue weighted by Crippen LogP contribution is -2.38. The van der Waals surface area contributed by atoms with Crippen LogP contribution in [0.4, 0.5) is 0 Å². The summed E-state index contributed by atoms with van der Waals surface area (Å²) in [4.78, 5) is 22.7. The topological polar surface area (TPSA) is 71.2 Å². The van der Waals surface area contributed by atoms with E-state index in [0.717, 1.165) is 55.4 Å². The Balaban J connectivity index is 1.40. The smallest absolute Gasteiger partial charge is 0.333 e. The van der Waals surface area contributed by atoms with Crippen LogP contribution in [0, 0.1) is 0 Å². The van der Waals surface area contributed by atoms with Crippen molar-refractivity contribution in [2.45, 2.75) is 6.10 Å². The van der Waals surface area contributed by atoms with Crippen LogP contribution in [0.2, 0.25) is 0 Å². The zero-order valence-corrected chi connectivity index (χ0v) is 19.6. The van der Waals surface area contributed by atoms with Crippen molar-refractivity contribution < 1.29 is 9.47 Å². The third kappa shape index (κ3) is 3.28. The molecule has 7 nitrogen and oxygen atoms in total. The molecule has 4 heterocycles. The van der Waals surface area contributed by atoms with Gasteiger partial charge < -0.3 is 9.47 Å². The number of imidazole rings is 1. The zero-order chi connectivity index (χ0) is 24.2. The molecule has 1 fully saturated rings. The minimum absolute atomic E-state index is 0.0918. The summed E-state index contributed by atoms with van der Waals surface area (Å²) in [6, 6.07) is 24.0. The Bertz CT molecular complexity index is 1830. The van der Waals surface area contributed by atoms with Gasteiger partial charge in [-0.1, -0.05) is 24.3 Å². The van der Waals surface area contributed by atoms with Crippen LogP contribution in [0.15, 0.2) is 90.0 Å². The number of ether oxygens (including phenoxy) is 2. The van der Waals surface area contributed by atoms with Crippen LogP contribution in [-0.4, -0.2) is 38.4 Å². The molecule has 0 radical (unpaired) electrons. The SMILES string of the molecule is Cn1c(=O)n(-c2ccc(OC3COC3)cc2)c2c3cc(-c4cnc5ccccc5c4)ccc3ncc21. The van der Waals surface area contributed by atoms with E-state index in [9.17, 15) is 4.79 Å². The summed E-state index contributed by atoms with van der Waals surface area (Å²) in [5.74, 6) is 0.762. The maximum atomic E-state index is 13.4. The van der Waals surface area contributed by atoms with E-state index in [1.54, 1.807) is 22.4 Å². The van der Waals surface area contributed by atoms with Crippen LogP contribution < -0.4 is 10.4 Å². The standard InChI is InChI=1S/C29H22N4O3/c1-32-27-15-31-26-11-6-18(20-12-19-4-2-3-5-25(19)30-14-20)13-24(26)28(27)33(29(32)34)21-7-9-22(10-8-21)36-23-16-35-17-23/h2-15,23H,16-17H2,1H3. The zero-order valence-electron chi connectivity index (χ0n) is 19.6. The Morgan fingerprint density at radius 3 is 2.50 bits per heavy atom. The van der Waals surface area contributed by atoms with E-state index in [-0.39, 0.29) is 11.8 Å². The van der Waals surface area contributed by atoms with Gasteiger partial charge in [-0.3, -0.25) is 19.1 Å². The molecule has 0 saturated carbocycles. The third-order valence-corrected chi connectivity index (χ3v) is 6.81. The van der Waals surface area contributed by atoms with Gasteiger partial charge >= 0.3 is 5.69 Å². The van der Waals surface area contributed by atoms with Crippen molar-refractivity contribution in [2.75, 3.05) is 13.2 Å². The van der Waals surface area contributed by atoms with Crippen molar-refractivity contribution in [2.24, 2.45) is 7.05 Å². The maximum absolute atomic E-state index is 13.4. The fourth-order valence-electron chi connectivity index (χ4n) is 4.79. The normalized spacial score (nSPS) is 13.9. The van der Waals surface area contributed by atoms with Crippen molar-refractivity contribution in [1.82, 2.24) is 19.1 Å². The van der Waals surface area contributed by atoms with Gasteiger partial charge in [0.15, 0.2) is 0 Å². The molecule has 6 aromatic rings. The number of hydrogen-bond acceptors (Lipinski definition) is 5. The molecule has 0 aliphatic carbocycles. The van der Waals surface area contributed by atoms with Crippen molar-refractivity contribution in [3.8, 4) is 22.6 Å². The van der Waals surface area contributed by atoms with E-state index in [1.165, 1.54) is 0 Å². The number of pyridine rings is 2. The third-order valence-electron chi connectivity index (χ3n) is 6.81. The molecule has 0 atom stereocenters. The predicted octanol–water partition coefficient (Wildman–Crippen LogP) is 4.87. The van der Waals surface area contributed by atoms with Gasteiger partial charge in [0.25, 0.3) is 0 Å². The fraction of sp³-hybridized carbons (Fsp3) is 0.138. The van der Waals surface area contributed by atoms with Crippen molar-refractivity contribution in [1.29, 1.82) is 0 Å². The van der Waals surface area contributed by atoms with Crippen LogP contribution in [-0.2, 0) is 11.8 Å². The number of rotatable bonds is 4. The van der Waals surface area contributed by atoms with Crippen molar-refractivity contribution in [3.63, 3.8) is 0 Å². The first-order valence-corrected chi connectivity index (χ1v) is 11.9. The molecule has 7 heteroatoms. The molecular formula is C29H22N4O3. The Labute approximate surface area is 206 Å². The molecule has 0 amide bonds. The van der Waals surface area contributed by atoms with Crippen LogP contribution in [0.3, 0.4) is 0 Å². The molecule has 7 rings (SSSR count). The summed E-state index contributed by atoms with van der Waals surface area (Å²) in [5, 5.41) is 1.99. The highest BCUT2D eigenvalue weighted by molar-refractivity contribution is 6.04. The molecule has 0 spiro atoms. The number of aromatic nitrogens is 4. The predicted molar refractivity (Wildman–Crippen MR) is 140 cm³/mol. The number of benzene rings is 3. The van der Waals surface area contributed by atoms with E-state index in [1.807, 2.05) is 54.7 Å². The minimum atomic E-state index is -0.127. The summed E-state index contributed by atoms with van der Waals surface area (Å²) in [5.41, 5.74) is 6.05. The van der Waals surface area contributed by atoms with Crippen LogP contribution in [0.5, 0.6) is 5.75 Å². The van der Waals surface area contributed by atoms with Gasteiger partial charge in [0, 0.05) is 29.6 Å². The average molecular weight is 475 g/mol. The highest BCUT2D eigenvalue weighted by Crippen LogP contribution is 2.31. The van der Waals surface area contributed by atoms with Crippen LogP contribution >= 0.6 is 0 Å². The van der Waals surface area contributed by atoms with Crippen molar-refractivity contribution in [3.05, 3.63) is 95.7 Å². The molecule has 1 aliphatic heterocycles. The van der Waals surface area contributed by atoms with Gasteiger partial charge in [0.1, 0.15) is 11.9 Å². The van der Waals surface area contributed by atoms with Gasteiger partial charge in [0.05, 0.1) is 47.2 Å². The largest absolute Gasteiger partial charge is 0.486 e. The van der Waals surface area contributed by atoms with E-state index >= 15 is 0 Å². The molecule has 36 heavy (non-hydrogen) atoms. The number of fused-ring (bicyclic) bond motifs is 4. The fourth-order valence-corrected chi connectivity index (χ4v) is 4.79. The second-order valence-corrected chi connectivity index (χ2v) is 9.09. The van der Waals surface area contributed by atoms with Crippen LogP contribution in [0.1, 0.15) is 0 Å². The summed E-state index contributed by atoms with van der Waals surface area (Å²) in [6.07, 6.45) is 3.75. The number of hydrogen-bond donors (Lipinski definition) is 0. The molecular weight excluding hydrogens is 452 g/mol. The Morgan fingerprint density at radius 1 is 0.889 bits per heavy atom. The van der Waals surface area contributed by atoms with E-state index in [2.05, 4.69) is 34.2 Å². The molecule has 3 aromatic heterocycles. The van der Waals surface area contributed by atoms with Gasteiger partial charge in [-0.05, 0) is 54.1 Å². The van der Waals surface area contributed by atoms with Gasteiger partial charge in [-0.25, -0.2) is 4.79 Å². The quantitative estimate of drug-likeness (QED) is 0.365. The summed E-state index contributed by atoms with van der Waals surface area (Å²) in [7, 11) is 1.78. The highest BCUT2D eigenvalue weighted by Gasteiger charge is 2.21. The van der Waals surface area contributed by atoms with E-state index < -0.39 is 0 Å². The number of nitrogens with zero attached hydrogens (tertiary/aromatic N) is 4. The first-order valence-electron chi connectivity index (χ1n) is 11.9. The first kappa shape index (κ1) is 20.8. The molecule has 0 N–H and O–H groups in total. The number of aryl methyl sites for hydroxylation is 1. The Hall–Kier alpha value is -4.49.